The number of benzene rings is 4. The van der Waals surface area contributed by atoms with Crippen LogP contribution in [0.3, 0.4) is 0 Å². The van der Waals surface area contributed by atoms with E-state index in [1.54, 1.807) is 14.0 Å². The molecule has 4 aromatic rings. The maximum absolute atomic E-state index is 14.3. The Morgan fingerprint density at radius 1 is 0.947 bits per heavy atom. The Bertz CT molecular complexity index is 1480. The van der Waals surface area contributed by atoms with Crippen LogP contribution in [-0.4, -0.2) is 31.0 Å². The molecule has 0 bridgehead atoms. The maximum atomic E-state index is 14.3. The molecule has 5 rings (SSSR count). The van der Waals surface area contributed by atoms with Crippen molar-refractivity contribution in [3.63, 3.8) is 0 Å². The molecule has 4 nitrogen and oxygen atoms in total. The van der Waals surface area contributed by atoms with Gasteiger partial charge in [0.1, 0.15) is 11.2 Å². The molecule has 0 saturated carbocycles. The number of nitrogens with zero attached hydrogens (tertiary/aromatic N) is 2. The summed E-state index contributed by atoms with van der Waals surface area (Å²) in [6.45, 7) is 3.01. The molecule has 1 heterocycles. The number of amides is 1. The normalized spacial score (nSPS) is 16.4. The predicted molar refractivity (Wildman–Crippen MR) is 153 cm³/mol. The Morgan fingerprint density at radius 2 is 1.58 bits per heavy atom. The lowest BCUT2D eigenvalue weighted by Gasteiger charge is -2.39. The highest BCUT2D eigenvalue weighted by atomic mass is 35.5. The highest BCUT2D eigenvalue weighted by Crippen LogP contribution is 2.47. The minimum atomic E-state index is -1.34. The molecule has 4 aromatic carbocycles. The number of hydrogen-bond acceptors (Lipinski definition) is 3. The molecular formula is C33H31ClN2O2. The fourth-order valence-corrected chi connectivity index (χ4v) is 6.04. The predicted octanol–water partition coefficient (Wildman–Crippen LogP) is 7.57. The third kappa shape index (κ3) is 4.75. The average Bonchev–Trinajstić information content (AvgIpc) is 2.97. The fourth-order valence-electron chi connectivity index (χ4n) is 5.91. The number of likely N-dealkylation sites (tertiary alicyclic amines) is 1. The lowest BCUT2D eigenvalue weighted by Crippen LogP contribution is -2.48. The zero-order valence-corrected chi connectivity index (χ0v) is 22.5. The fraction of sp³-hybridized carbons (Fsp3) is 0.273. The molecule has 1 aliphatic rings. The summed E-state index contributed by atoms with van der Waals surface area (Å²) in [5, 5.41) is 13.5. The highest BCUT2D eigenvalue weighted by molar-refractivity contribution is 6.30. The van der Waals surface area contributed by atoms with Gasteiger partial charge in [-0.05, 0) is 65.8 Å². The van der Waals surface area contributed by atoms with Crippen LogP contribution in [0.5, 0.6) is 5.75 Å². The van der Waals surface area contributed by atoms with Gasteiger partial charge in [-0.2, -0.15) is 5.26 Å². The van der Waals surface area contributed by atoms with Crippen molar-refractivity contribution < 1.29 is 9.53 Å². The van der Waals surface area contributed by atoms with E-state index in [1.807, 2.05) is 65.6 Å². The number of ether oxygens (including phenoxy) is 1. The number of para-hydroxylation sites is 1. The smallest absolute Gasteiger partial charge is 0.243 e. The molecule has 192 valence electrons. The van der Waals surface area contributed by atoms with Gasteiger partial charge in [0.2, 0.25) is 5.91 Å². The van der Waals surface area contributed by atoms with Crippen LogP contribution in [-0.2, 0) is 4.79 Å². The minimum Gasteiger partial charge on any atom is -0.496 e. The molecule has 0 aliphatic carbocycles. The summed E-state index contributed by atoms with van der Waals surface area (Å²) in [6.07, 6.45) is 1.70. The molecular weight excluding hydrogens is 492 g/mol. The van der Waals surface area contributed by atoms with Gasteiger partial charge in [-0.25, -0.2) is 0 Å². The second-order valence-electron chi connectivity index (χ2n) is 10.2. The first kappa shape index (κ1) is 25.8. The molecule has 5 heteroatoms. The Morgan fingerprint density at radius 3 is 2.29 bits per heavy atom. The van der Waals surface area contributed by atoms with E-state index in [9.17, 15) is 10.1 Å². The van der Waals surface area contributed by atoms with Gasteiger partial charge in [0.15, 0.2) is 0 Å². The number of rotatable bonds is 6. The Labute approximate surface area is 229 Å². The third-order valence-electron chi connectivity index (χ3n) is 7.96. The van der Waals surface area contributed by atoms with Crippen LogP contribution in [0.1, 0.15) is 48.3 Å². The van der Waals surface area contributed by atoms with Crippen LogP contribution >= 0.6 is 11.6 Å². The zero-order valence-electron chi connectivity index (χ0n) is 21.7. The minimum absolute atomic E-state index is 0.140. The Balaban J connectivity index is 1.54. The standard InChI is InChI=1S/C33H31ClN2O2/c1-33(22-35,32(37)36-20-18-24(19-21-36)23-14-16-26(34)17-15-23)31(29-11-5-6-13-30(29)38-2)28-12-7-9-25-8-3-4-10-27(25)28/h3-17,24,31H,18-21H2,1-2H3/t31-,33+/m0/s1. The molecule has 1 fully saturated rings. The van der Waals surface area contributed by atoms with Crippen LogP contribution < -0.4 is 4.74 Å². The lowest BCUT2D eigenvalue weighted by atomic mass is 9.68. The van der Waals surface area contributed by atoms with Gasteiger partial charge in [0, 0.05) is 29.6 Å². The zero-order chi connectivity index (χ0) is 26.7. The summed E-state index contributed by atoms with van der Waals surface area (Å²) >= 11 is 6.08. The van der Waals surface area contributed by atoms with Crippen molar-refractivity contribution in [3.8, 4) is 11.8 Å². The monoisotopic (exact) mass is 522 g/mol. The summed E-state index contributed by atoms with van der Waals surface area (Å²) < 4.78 is 5.75. The summed E-state index contributed by atoms with van der Waals surface area (Å²) in [5.74, 6) is 0.378. The van der Waals surface area contributed by atoms with Crippen molar-refractivity contribution in [2.24, 2.45) is 5.41 Å². The topological polar surface area (TPSA) is 53.3 Å². The van der Waals surface area contributed by atoms with Crippen LogP contribution in [0, 0.1) is 16.7 Å². The number of hydrogen-bond donors (Lipinski definition) is 0. The molecule has 1 aliphatic heterocycles. The van der Waals surface area contributed by atoms with Crippen molar-refractivity contribution in [3.05, 3.63) is 113 Å². The van der Waals surface area contributed by atoms with Gasteiger partial charge in [-0.15, -0.1) is 0 Å². The number of fused-ring (bicyclic) bond motifs is 1. The quantitative estimate of drug-likeness (QED) is 0.262. The molecule has 0 unspecified atom stereocenters. The number of carbonyl (C=O) groups is 1. The van der Waals surface area contributed by atoms with Crippen LogP contribution in [0.2, 0.25) is 5.02 Å². The van der Waals surface area contributed by atoms with E-state index in [0.29, 0.717) is 24.8 Å². The molecule has 38 heavy (non-hydrogen) atoms. The number of piperidine rings is 1. The van der Waals surface area contributed by atoms with Gasteiger partial charge in [-0.3, -0.25) is 4.79 Å². The molecule has 0 radical (unpaired) electrons. The number of methoxy groups -OCH3 is 1. The largest absolute Gasteiger partial charge is 0.496 e. The van der Waals surface area contributed by atoms with Crippen molar-refractivity contribution in [1.29, 1.82) is 5.26 Å². The van der Waals surface area contributed by atoms with Crippen LogP contribution in [0.15, 0.2) is 91.0 Å². The molecule has 0 N–H and O–H groups in total. The van der Waals surface area contributed by atoms with E-state index < -0.39 is 11.3 Å². The third-order valence-corrected chi connectivity index (χ3v) is 8.21. The van der Waals surface area contributed by atoms with E-state index in [1.165, 1.54) is 5.56 Å². The van der Waals surface area contributed by atoms with Crippen molar-refractivity contribution in [1.82, 2.24) is 4.90 Å². The van der Waals surface area contributed by atoms with Crippen molar-refractivity contribution in [2.75, 3.05) is 20.2 Å². The molecule has 0 aromatic heterocycles. The van der Waals surface area contributed by atoms with Gasteiger partial charge < -0.3 is 9.64 Å². The van der Waals surface area contributed by atoms with Crippen molar-refractivity contribution in [2.45, 2.75) is 31.6 Å². The van der Waals surface area contributed by atoms with E-state index in [4.69, 9.17) is 16.3 Å². The average molecular weight is 523 g/mol. The van der Waals surface area contributed by atoms with Gasteiger partial charge in [-0.1, -0.05) is 84.4 Å². The summed E-state index contributed by atoms with van der Waals surface area (Å²) in [6, 6.07) is 32.4. The molecule has 2 atom stereocenters. The van der Waals surface area contributed by atoms with Gasteiger partial charge in [0.25, 0.3) is 0 Å². The molecule has 1 amide bonds. The van der Waals surface area contributed by atoms with Gasteiger partial charge >= 0.3 is 0 Å². The SMILES string of the molecule is COc1ccccc1[C@H](c1cccc2ccccc12)[C@@](C)(C#N)C(=O)N1CCC(c2ccc(Cl)cc2)CC1. The van der Waals surface area contributed by atoms with E-state index >= 15 is 0 Å². The second kappa shape index (κ2) is 10.9. The first-order chi connectivity index (χ1) is 18.5. The van der Waals surface area contributed by atoms with E-state index in [2.05, 4.69) is 36.4 Å². The van der Waals surface area contributed by atoms with Crippen LogP contribution in [0.4, 0.5) is 0 Å². The van der Waals surface area contributed by atoms with E-state index in [0.717, 1.165) is 39.8 Å². The summed E-state index contributed by atoms with van der Waals surface area (Å²) in [7, 11) is 1.63. The number of nitriles is 1. The molecule has 1 saturated heterocycles. The lowest BCUT2D eigenvalue weighted by molar-refractivity contribution is -0.140. The number of halogens is 1. The second-order valence-corrected chi connectivity index (χ2v) is 10.6. The highest BCUT2D eigenvalue weighted by Gasteiger charge is 2.47. The first-order valence-corrected chi connectivity index (χ1v) is 13.4. The van der Waals surface area contributed by atoms with Crippen LogP contribution in [0.25, 0.3) is 10.8 Å². The van der Waals surface area contributed by atoms with E-state index in [-0.39, 0.29) is 5.91 Å². The van der Waals surface area contributed by atoms with Gasteiger partial charge in [0.05, 0.1) is 13.2 Å². The maximum Gasteiger partial charge on any atom is 0.243 e. The summed E-state index contributed by atoms with van der Waals surface area (Å²) in [5.41, 5.74) is 1.68. The first-order valence-electron chi connectivity index (χ1n) is 13.0. The Hall–Kier alpha value is -3.81. The van der Waals surface area contributed by atoms with Crippen molar-refractivity contribution >= 4 is 28.3 Å². The molecule has 0 spiro atoms. The Kier molecular flexibility index (Phi) is 7.40. The number of carbonyl (C=O) groups excluding carboxylic acids is 1. The summed E-state index contributed by atoms with van der Waals surface area (Å²) in [4.78, 5) is 16.2.